The zero-order valence-electron chi connectivity index (χ0n) is 7.69. The molecule has 0 aliphatic heterocycles. The summed E-state index contributed by atoms with van der Waals surface area (Å²) in [5, 5.41) is 13.0. The molecular weight excluding hydrogens is 224 g/mol. The van der Waals surface area contributed by atoms with Crippen LogP contribution in [-0.4, -0.2) is 18.1 Å². The van der Waals surface area contributed by atoms with Gasteiger partial charge >= 0.3 is 11.8 Å². The molecule has 1 N–H and O–H groups in total. The summed E-state index contributed by atoms with van der Waals surface area (Å²) in [4.78, 5) is 20.8. The Balaban J connectivity index is 3.06. The minimum atomic E-state index is -0.777. The van der Waals surface area contributed by atoms with E-state index >= 15 is 0 Å². The second kappa shape index (κ2) is 4.61. The van der Waals surface area contributed by atoms with E-state index in [1.54, 1.807) is 0 Å². The van der Waals surface area contributed by atoms with Gasteiger partial charge in [-0.1, -0.05) is 11.6 Å². The van der Waals surface area contributed by atoms with Crippen LogP contribution in [0.4, 0.5) is 10.5 Å². The van der Waals surface area contributed by atoms with Crippen LogP contribution in [0.1, 0.15) is 0 Å². The van der Waals surface area contributed by atoms with E-state index in [1.165, 1.54) is 19.2 Å². The molecule has 0 radical (unpaired) electrons. The van der Waals surface area contributed by atoms with Gasteiger partial charge in [-0.2, -0.15) is 0 Å². The highest BCUT2D eigenvalue weighted by Crippen LogP contribution is 2.29. The fraction of sp³-hybridized carbons (Fsp3) is 0.125. The molecule has 1 aromatic rings. The molecule has 1 aromatic carbocycles. The van der Waals surface area contributed by atoms with Crippen LogP contribution in [0.2, 0.25) is 5.02 Å². The number of nitrogens with zero attached hydrogens (tertiary/aromatic N) is 1. The average molecular weight is 231 g/mol. The molecule has 0 aliphatic rings. The molecule has 7 heteroatoms. The average Bonchev–Trinajstić information content (AvgIpc) is 2.20. The van der Waals surface area contributed by atoms with E-state index in [2.05, 4.69) is 10.1 Å². The molecule has 0 heterocycles. The zero-order valence-corrected chi connectivity index (χ0v) is 8.45. The van der Waals surface area contributed by atoms with Crippen LogP contribution < -0.4 is 10.1 Å². The van der Waals surface area contributed by atoms with Gasteiger partial charge in [-0.3, -0.25) is 10.1 Å². The first-order valence-electron chi connectivity index (χ1n) is 3.88. The summed E-state index contributed by atoms with van der Waals surface area (Å²) in [6, 6.07) is 3.77. The van der Waals surface area contributed by atoms with Crippen LogP contribution >= 0.6 is 11.6 Å². The van der Waals surface area contributed by atoms with Crippen LogP contribution in [0.25, 0.3) is 0 Å². The molecule has 0 spiro atoms. The second-order valence-electron chi connectivity index (χ2n) is 2.51. The topological polar surface area (TPSA) is 81.5 Å². The van der Waals surface area contributed by atoms with Gasteiger partial charge in [0.2, 0.25) is 5.75 Å². The number of amides is 1. The summed E-state index contributed by atoms with van der Waals surface area (Å²) >= 11 is 5.57. The Morgan fingerprint density at radius 1 is 1.60 bits per heavy atom. The molecule has 0 atom stereocenters. The number of nitro groups is 1. The van der Waals surface area contributed by atoms with Crippen molar-refractivity contribution in [1.29, 1.82) is 0 Å². The molecule has 0 aliphatic carbocycles. The third kappa shape index (κ3) is 2.81. The smallest absolute Gasteiger partial charge is 0.403 e. The number of hydrogen-bond donors (Lipinski definition) is 1. The lowest BCUT2D eigenvalue weighted by Gasteiger charge is -2.03. The highest BCUT2D eigenvalue weighted by atomic mass is 35.5. The molecule has 1 rings (SSSR count). The second-order valence-corrected chi connectivity index (χ2v) is 2.95. The third-order valence-electron chi connectivity index (χ3n) is 1.52. The van der Waals surface area contributed by atoms with Crippen LogP contribution in [0, 0.1) is 10.1 Å². The van der Waals surface area contributed by atoms with E-state index < -0.39 is 11.0 Å². The van der Waals surface area contributed by atoms with Gasteiger partial charge in [0.25, 0.3) is 0 Å². The normalized spacial score (nSPS) is 9.47. The van der Waals surface area contributed by atoms with Crippen molar-refractivity contribution < 1.29 is 14.5 Å². The molecular formula is C8H7ClN2O4. The maximum atomic E-state index is 10.9. The van der Waals surface area contributed by atoms with Crippen LogP contribution in [-0.2, 0) is 0 Å². The van der Waals surface area contributed by atoms with E-state index in [0.29, 0.717) is 0 Å². The summed E-state index contributed by atoms with van der Waals surface area (Å²) in [5.41, 5.74) is -0.355. The molecule has 80 valence electrons. The van der Waals surface area contributed by atoms with Crippen molar-refractivity contribution in [3.8, 4) is 5.75 Å². The number of carbonyl (C=O) groups excluding carboxylic acids is 1. The van der Waals surface area contributed by atoms with Gasteiger partial charge in [0.15, 0.2) is 0 Å². The Hall–Kier alpha value is -1.82. The fourth-order valence-electron chi connectivity index (χ4n) is 0.870. The number of rotatable bonds is 2. The van der Waals surface area contributed by atoms with Crippen molar-refractivity contribution in [2.75, 3.05) is 7.05 Å². The summed E-state index contributed by atoms with van der Waals surface area (Å²) in [5.74, 6) is -0.149. The number of nitrogens with one attached hydrogen (secondary N) is 1. The quantitative estimate of drug-likeness (QED) is 0.622. The van der Waals surface area contributed by atoms with E-state index in [0.717, 1.165) is 6.07 Å². The highest BCUT2D eigenvalue weighted by molar-refractivity contribution is 6.30. The standard InChI is InChI=1S/C8H7ClN2O4/c1-10-8(12)15-7-3-2-5(9)4-6(7)11(13)14/h2-4H,1H3,(H,10,12). The summed E-state index contributed by atoms with van der Waals surface area (Å²) in [6.07, 6.45) is -0.777. The highest BCUT2D eigenvalue weighted by Gasteiger charge is 2.17. The first-order chi connectivity index (χ1) is 7.04. The Morgan fingerprint density at radius 2 is 2.27 bits per heavy atom. The van der Waals surface area contributed by atoms with Crippen molar-refractivity contribution in [2.24, 2.45) is 0 Å². The SMILES string of the molecule is CNC(=O)Oc1ccc(Cl)cc1[N+](=O)[O-]. The lowest BCUT2D eigenvalue weighted by molar-refractivity contribution is -0.385. The predicted molar refractivity (Wildman–Crippen MR) is 53.2 cm³/mol. The summed E-state index contributed by atoms with van der Waals surface area (Å²) < 4.78 is 4.66. The third-order valence-corrected chi connectivity index (χ3v) is 1.76. The molecule has 0 fully saturated rings. The fourth-order valence-corrected chi connectivity index (χ4v) is 1.04. The van der Waals surface area contributed by atoms with E-state index in [-0.39, 0.29) is 16.5 Å². The number of nitro benzene ring substituents is 1. The van der Waals surface area contributed by atoms with Gasteiger partial charge in [-0.15, -0.1) is 0 Å². The number of ether oxygens (including phenoxy) is 1. The number of benzene rings is 1. The van der Waals surface area contributed by atoms with Crippen molar-refractivity contribution in [3.63, 3.8) is 0 Å². The van der Waals surface area contributed by atoms with Crippen molar-refractivity contribution in [1.82, 2.24) is 5.32 Å². The minimum Gasteiger partial charge on any atom is -0.403 e. The first kappa shape index (κ1) is 11.3. The lowest BCUT2D eigenvalue weighted by atomic mass is 10.3. The van der Waals surface area contributed by atoms with Crippen molar-refractivity contribution in [3.05, 3.63) is 33.3 Å². The molecule has 0 saturated heterocycles. The number of halogens is 1. The summed E-state index contributed by atoms with van der Waals surface area (Å²) in [7, 11) is 1.35. The van der Waals surface area contributed by atoms with Gasteiger partial charge in [0.05, 0.1) is 4.92 Å². The van der Waals surface area contributed by atoms with Gasteiger partial charge in [-0.25, -0.2) is 4.79 Å². The Kier molecular flexibility index (Phi) is 3.46. The number of hydrogen-bond acceptors (Lipinski definition) is 4. The largest absolute Gasteiger partial charge is 0.412 e. The monoisotopic (exact) mass is 230 g/mol. The molecule has 1 amide bonds. The molecule has 6 nitrogen and oxygen atoms in total. The first-order valence-corrected chi connectivity index (χ1v) is 4.26. The van der Waals surface area contributed by atoms with E-state index in [4.69, 9.17) is 11.6 Å². The summed E-state index contributed by atoms with van der Waals surface area (Å²) in [6.45, 7) is 0. The van der Waals surface area contributed by atoms with Crippen LogP contribution in [0.15, 0.2) is 18.2 Å². The maximum Gasteiger partial charge on any atom is 0.412 e. The van der Waals surface area contributed by atoms with Gasteiger partial charge in [0, 0.05) is 18.1 Å². The van der Waals surface area contributed by atoms with Gasteiger partial charge < -0.3 is 10.1 Å². The van der Waals surface area contributed by atoms with E-state index in [9.17, 15) is 14.9 Å². The molecule has 0 aromatic heterocycles. The minimum absolute atomic E-state index is 0.149. The van der Waals surface area contributed by atoms with Gasteiger partial charge in [0.1, 0.15) is 0 Å². The molecule has 0 saturated carbocycles. The Bertz CT molecular complexity index is 408. The Labute approximate surface area is 89.9 Å². The van der Waals surface area contributed by atoms with Crippen LogP contribution in [0.5, 0.6) is 5.75 Å². The van der Waals surface area contributed by atoms with Crippen molar-refractivity contribution in [2.45, 2.75) is 0 Å². The Morgan fingerprint density at radius 3 is 2.80 bits per heavy atom. The predicted octanol–water partition coefficient (Wildman–Crippen LogP) is 1.97. The van der Waals surface area contributed by atoms with E-state index in [1.807, 2.05) is 0 Å². The lowest BCUT2D eigenvalue weighted by Crippen LogP contribution is -2.22. The number of carbonyl (C=O) groups is 1. The molecule has 0 bridgehead atoms. The molecule has 15 heavy (non-hydrogen) atoms. The van der Waals surface area contributed by atoms with Crippen LogP contribution in [0.3, 0.4) is 0 Å². The van der Waals surface area contributed by atoms with Crippen molar-refractivity contribution >= 4 is 23.4 Å². The molecule has 0 unspecified atom stereocenters. The zero-order chi connectivity index (χ0) is 11.4. The van der Waals surface area contributed by atoms with Gasteiger partial charge in [-0.05, 0) is 12.1 Å². The maximum absolute atomic E-state index is 10.9.